The minimum absolute atomic E-state index is 0.482. The van der Waals surface area contributed by atoms with Gasteiger partial charge in [0, 0.05) is 6.04 Å². The summed E-state index contributed by atoms with van der Waals surface area (Å²) in [7, 11) is 2.09. The summed E-state index contributed by atoms with van der Waals surface area (Å²) < 4.78 is 0. The molecule has 0 saturated heterocycles. The number of nitrogens with one attached hydrogen (secondary N) is 1. The van der Waals surface area contributed by atoms with Crippen LogP contribution in [0.3, 0.4) is 0 Å². The van der Waals surface area contributed by atoms with Gasteiger partial charge in [0.15, 0.2) is 0 Å². The van der Waals surface area contributed by atoms with Crippen molar-refractivity contribution in [2.75, 3.05) is 7.05 Å². The predicted octanol–water partition coefficient (Wildman–Crippen LogP) is 3.61. The lowest BCUT2D eigenvalue weighted by atomic mass is 9.98. The van der Waals surface area contributed by atoms with Gasteiger partial charge in [-0.05, 0) is 43.6 Å². The van der Waals surface area contributed by atoms with E-state index in [0.29, 0.717) is 16.9 Å². The molecule has 0 aromatic heterocycles. The van der Waals surface area contributed by atoms with Gasteiger partial charge in [0.25, 0.3) is 0 Å². The van der Waals surface area contributed by atoms with Crippen LogP contribution in [0.1, 0.15) is 47.5 Å². The maximum atomic E-state index is 3.99. The van der Waals surface area contributed by atoms with Gasteiger partial charge in [-0.1, -0.05) is 33.3 Å². The number of rotatable bonds is 5. The molecule has 88 valence electrons. The standard InChI is InChI=1S/C14H27N/c1-10(2)8-9-11(15-7)12-13(3,4)14(12,5)6/h11-12,15H,1,8-9H2,2-7H3. The molecule has 1 unspecified atom stereocenters. The van der Waals surface area contributed by atoms with Gasteiger partial charge in [-0.3, -0.25) is 0 Å². The van der Waals surface area contributed by atoms with E-state index in [-0.39, 0.29) is 0 Å². The molecule has 0 spiro atoms. The molecule has 0 amide bonds. The molecule has 1 saturated carbocycles. The fourth-order valence-electron chi connectivity index (χ4n) is 3.13. The fraction of sp³-hybridized carbons (Fsp3) is 0.857. The lowest BCUT2D eigenvalue weighted by Gasteiger charge is -2.18. The highest BCUT2D eigenvalue weighted by Gasteiger charge is 2.66. The van der Waals surface area contributed by atoms with E-state index in [1.807, 2.05) is 0 Å². The van der Waals surface area contributed by atoms with Crippen molar-refractivity contribution in [2.45, 2.75) is 53.5 Å². The van der Waals surface area contributed by atoms with Gasteiger partial charge in [0.1, 0.15) is 0 Å². The van der Waals surface area contributed by atoms with Crippen LogP contribution in [-0.4, -0.2) is 13.1 Å². The summed E-state index contributed by atoms with van der Waals surface area (Å²) in [6, 6.07) is 0.645. The molecule has 0 aromatic carbocycles. The molecule has 0 aliphatic heterocycles. The lowest BCUT2D eigenvalue weighted by Crippen LogP contribution is -2.30. The van der Waals surface area contributed by atoms with Gasteiger partial charge >= 0.3 is 0 Å². The number of hydrogen-bond donors (Lipinski definition) is 1. The second-order valence-corrected chi connectivity index (χ2v) is 6.31. The van der Waals surface area contributed by atoms with E-state index < -0.39 is 0 Å². The van der Waals surface area contributed by atoms with E-state index in [2.05, 4.69) is 53.6 Å². The molecule has 1 atom stereocenters. The smallest absolute Gasteiger partial charge is 0.0106 e. The molecule has 1 fully saturated rings. The van der Waals surface area contributed by atoms with E-state index in [1.165, 1.54) is 12.0 Å². The third-order valence-electron chi connectivity index (χ3n) is 4.79. The average molecular weight is 209 g/mol. The zero-order chi connectivity index (χ0) is 11.9. The first kappa shape index (κ1) is 12.8. The summed E-state index contributed by atoms with van der Waals surface area (Å²) in [4.78, 5) is 0. The Morgan fingerprint density at radius 2 is 1.73 bits per heavy atom. The van der Waals surface area contributed by atoms with Crippen LogP contribution < -0.4 is 5.32 Å². The predicted molar refractivity (Wildman–Crippen MR) is 67.9 cm³/mol. The average Bonchev–Trinajstić information content (AvgIpc) is 2.48. The van der Waals surface area contributed by atoms with E-state index in [4.69, 9.17) is 0 Å². The molecule has 1 aliphatic rings. The van der Waals surface area contributed by atoms with Gasteiger partial charge in [-0.2, -0.15) is 0 Å². The van der Waals surface area contributed by atoms with Crippen LogP contribution >= 0.6 is 0 Å². The Balaban J connectivity index is 2.59. The normalized spacial score (nSPS) is 24.9. The summed E-state index contributed by atoms with van der Waals surface area (Å²) >= 11 is 0. The summed E-state index contributed by atoms with van der Waals surface area (Å²) in [6.07, 6.45) is 2.37. The van der Waals surface area contributed by atoms with Crippen LogP contribution in [0, 0.1) is 16.7 Å². The molecule has 1 N–H and O–H groups in total. The van der Waals surface area contributed by atoms with Crippen LogP contribution in [0.2, 0.25) is 0 Å². The Morgan fingerprint density at radius 3 is 2.00 bits per heavy atom. The van der Waals surface area contributed by atoms with E-state index in [0.717, 1.165) is 12.3 Å². The van der Waals surface area contributed by atoms with Crippen LogP contribution in [0.5, 0.6) is 0 Å². The Bertz CT molecular complexity index is 236. The highest BCUT2D eigenvalue weighted by Crippen LogP contribution is 2.69. The van der Waals surface area contributed by atoms with Crippen molar-refractivity contribution >= 4 is 0 Å². The van der Waals surface area contributed by atoms with Gasteiger partial charge in [0.2, 0.25) is 0 Å². The first-order valence-corrected chi connectivity index (χ1v) is 6.06. The summed E-state index contributed by atoms with van der Waals surface area (Å²) in [6.45, 7) is 15.7. The second kappa shape index (κ2) is 3.93. The number of allylic oxidation sites excluding steroid dienone is 1. The Kier molecular flexibility index (Phi) is 3.35. The van der Waals surface area contributed by atoms with E-state index in [9.17, 15) is 0 Å². The van der Waals surface area contributed by atoms with Crippen LogP contribution in [0.4, 0.5) is 0 Å². The maximum absolute atomic E-state index is 3.99. The third-order valence-corrected chi connectivity index (χ3v) is 4.79. The molecule has 0 aromatic rings. The Labute approximate surface area is 95.3 Å². The van der Waals surface area contributed by atoms with Crippen molar-refractivity contribution < 1.29 is 0 Å². The maximum Gasteiger partial charge on any atom is 0.0106 e. The van der Waals surface area contributed by atoms with Gasteiger partial charge in [-0.15, -0.1) is 6.58 Å². The molecule has 0 bridgehead atoms. The SMILES string of the molecule is C=C(C)CCC(NC)C1C(C)(C)C1(C)C. The minimum atomic E-state index is 0.482. The van der Waals surface area contributed by atoms with Crippen LogP contribution in [0.15, 0.2) is 12.2 Å². The monoisotopic (exact) mass is 209 g/mol. The highest BCUT2D eigenvalue weighted by atomic mass is 14.9. The Hall–Kier alpha value is -0.300. The molecular weight excluding hydrogens is 182 g/mol. The van der Waals surface area contributed by atoms with Gasteiger partial charge in [0.05, 0.1) is 0 Å². The molecule has 15 heavy (non-hydrogen) atoms. The fourth-order valence-corrected chi connectivity index (χ4v) is 3.13. The van der Waals surface area contributed by atoms with Crippen molar-refractivity contribution in [3.8, 4) is 0 Å². The van der Waals surface area contributed by atoms with E-state index in [1.54, 1.807) is 0 Å². The zero-order valence-corrected chi connectivity index (χ0v) is 11.3. The quantitative estimate of drug-likeness (QED) is 0.682. The van der Waals surface area contributed by atoms with Crippen molar-refractivity contribution in [1.82, 2.24) is 5.32 Å². The van der Waals surface area contributed by atoms with Crippen molar-refractivity contribution in [2.24, 2.45) is 16.7 Å². The Morgan fingerprint density at radius 1 is 1.27 bits per heavy atom. The first-order valence-electron chi connectivity index (χ1n) is 6.06. The van der Waals surface area contributed by atoms with E-state index >= 15 is 0 Å². The van der Waals surface area contributed by atoms with Crippen LogP contribution in [0.25, 0.3) is 0 Å². The number of hydrogen-bond acceptors (Lipinski definition) is 1. The second-order valence-electron chi connectivity index (χ2n) is 6.31. The first-order chi connectivity index (χ1) is 6.75. The zero-order valence-electron chi connectivity index (χ0n) is 11.3. The van der Waals surface area contributed by atoms with Gasteiger partial charge < -0.3 is 5.32 Å². The molecule has 1 aliphatic carbocycles. The summed E-state index contributed by atoms with van der Waals surface area (Å²) in [5, 5.41) is 3.49. The topological polar surface area (TPSA) is 12.0 Å². The van der Waals surface area contributed by atoms with Crippen molar-refractivity contribution in [1.29, 1.82) is 0 Å². The molecule has 0 radical (unpaired) electrons. The minimum Gasteiger partial charge on any atom is -0.317 e. The summed E-state index contributed by atoms with van der Waals surface area (Å²) in [5.74, 6) is 0.800. The third kappa shape index (κ3) is 2.13. The van der Waals surface area contributed by atoms with Gasteiger partial charge in [-0.25, -0.2) is 0 Å². The molecule has 1 rings (SSSR count). The molecule has 1 nitrogen and oxygen atoms in total. The highest BCUT2D eigenvalue weighted by molar-refractivity contribution is 5.16. The largest absolute Gasteiger partial charge is 0.317 e. The van der Waals surface area contributed by atoms with Crippen molar-refractivity contribution in [3.63, 3.8) is 0 Å². The molecule has 1 heteroatoms. The van der Waals surface area contributed by atoms with Crippen LogP contribution in [-0.2, 0) is 0 Å². The molecular formula is C14H27N. The lowest BCUT2D eigenvalue weighted by molar-refractivity contribution is 0.400. The molecule has 0 heterocycles. The van der Waals surface area contributed by atoms with Crippen molar-refractivity contribution in [3.05, 3.63) is 12.2 Å². The summed E-state index contributed by atoms with van der Waals surface area (Å²) in [5.41, 5.74) is 2.26.